The first kappa shape index (κ1) is 24.3. The molecule has 11 heteroatoms. The Morgan fingerprint density at radius 2 is 0.800 bits per heavy atom. The van der Waals surface area contributed by atoms with E-state index in [0.29, 0.717) is 40.5 Å². The highest BCUT2D eigenvalue weighted by Crippen LogP contribution is 2.12. The average molecular weight is 419 g/mol. The number of anilines is 5. The Kier molecular flexibility index (Phi) is 8.21. The van der Waals surface area contributed by atoms with Crippen LogP contribution in [0, 0.1) is 6.92 Å². The predicted octanol–water partition coefficient (Wildman–Crippen LogP) is -1.25. The van der Waals surface area contributed by atoms with Crippen molar-refractivity contribution in [3.8, 4) is 0 Å². The third-order valence-electron chi connectivity index (χ3n) is 4.32. The standard InChI is InChI=1S/C7H10N2O2.C6H8N2O2.C6H7NO2/c1-3-9-5-4(8-2)6(10)7(5)11;1-7-3-4(8-2)6(10)5(3)9;1-3-4(7-2)6(9)5(3)8/h8-9H,3H2,1-2H3;7-8H,1-2H3;7H,1-2H3. The number of rotatable bonds is 6. The summed E-state index contributed by atoms with van der Waals surface area (Å²) in [6.45, 7) is 4.16. The summed E-state index contributed by atoms with van der Waals surface area (Å²) >= 11 is 0. The van der Waals surface area contributed by atoms with E-state index >= 15 is 0 Å². The third kappa shape index (κ3) is 4.29. The SMILES string of the molecule is CCNc1c(NC)c(=O)c1=O.CNc1c(C)c(=O)c1=O.CNc1c(NC)c(=O)c1=O. The maximum absolute atomic E-state index is 10.8. The fraction of sp³-hybridized carbons (Fsp3) is 0.368. The van der Waals surface area contributed by atoms with E-state index in [4.69, 9.17) is 0 Å². The molecule has 0 unspecified atom stereocenters. The van der Waals surface area contributed by atoms with Gasteiger partial charge < -0.3 is 26.6 Å². The zero-order chi connectivity index (χ0) is 23.2. The molecule has 3 aromatic rings. The molecule has 0 bridgehead atoms. The molecule has 3 aromatic carbocycles. The van der Waals surface area contributed by atoms with Crippen LogP contribution in [0.25, 0.3) is 0 Å². The van der Waals surface area contributed by atoms with Crippen molar-refractivity contribution in [1.82, 2.24) is 0 Å². The monoisotopic (exact) mass is 419 g/mol. The summed E-state index contributed by atoms with van der Waals surface area (Å²) in [5.41, 5.74) is 0.104. The normalized spacial score (nSPS) is 9.93. The van der Waals surface area contributed by atoms with Crippen molar-refractivity contribution < 1.29 is 0 Å². The molecule has 0 amide bonds. The van der Waals surface area contributed by atoms with Gasteiger partial charge >= 0.3 is 0 Å². The second-order valence-electron chi connectivity index (χ2n) is 6.01. The molecule has 162 valence electrons. The van der Waals surface area contributed by atoms with E-state index in [1.807, 2.05) is 6.92 Å². The first-order chi connectivity index (χ1) is 14.1. The molecule has 0 saturated heterocycles. The Morgan fingerprint density at radius 3 is 1.07 bits per heavy atom. The zero-order valence-electron chi connectivity index (χ0n) is 17.7. The van der Waals surface area contributed by atoms with Gasteiger partial charge in [0.2, 0.25) is 10.9 Å². The van der Waals surface area contributed by atoms with Crippen LogP contribution in [0.1, 0.15) is 12.5 Å². The lowest BCUT2D eigenvalue weighted by Gasteiger charge is -2.09. The van der Waals surface area contributed by atoms with Crippen molar-refractivity contribution in [2.24, 2.45) is 0 Å². The minimum Gasteiger partial charge on any atom is -0.385 e. The van der Waals surface area contributed by atoms with Crippen LogP contribution < -0.4 is 59.2 Å². The molecule has 0 heterocycles. The van der Waals surface area contributed by atoms with Gasteiger partial charge in [-0.2, -0.15) is 0 Å². The van der Waals surface area contributed by atoms with Gasteiger partial charge in [-0.25, -0.2) is 0 Å². The van der Waals surface area contributed by atoms with E-state index in [1.165, 1.54) is 0 Å². The molecule has 0 aliphatic heterocycles. The summed E-state index contributed by atoms with van der Waals surface area (Å²) in [5.74, 6) is 0. The largest absolute Gasteiger partial charge is 0.385 e. The molecule has 0 spiro atoms. The molecule has 0 saturated carbocycles. The van der Waals surface area contributed by atoms with Gasteiger partial charge in [-0.05, 0) is 13.8 Å². The molecule has 0 radical (unpaired) electrons. The minimum atomic E-state index is -0.438. The quantitative estimate of drug-likeness (QED) is 0.304. The smallest absolute Gasteiger partial charge is 0.253 e. The topological polar surface area (TPSA) is 163 Å². The highest BCUT2D eigenvalue weighted by atomic mass is 16.2. The summed E-state index contributed by atoms with van der Waals surface area (Å²) < 4.78 is 0. The van der Waals surface area contributed by atoms with Gasteiger partial charge in [0.05, 0.1) is 5.69 Å². The Balaban J connectivity index is 0.000000226. The molecule has 0 aliphatic carbocycles. The number of nitrogens with one attached hydrogen (secondary N) is 5. The second kappa shape index (κ2) is 10.1. The summed E-state index contributed by atoms with van der Waals surface area (Å²) in [4.78, 5) is 63.9. The van der Waals surface area contributed by atoms with Crippen molar-refractivity contribution in [2.75, 3.05) is 61.3 Å². The summed E-state index contributed by atoms with van der Waals surface area (Å²) in [6, 6.07) is 0. The molecule has 5 N–H and O–H groups in total. The maximum Gasteiger partial charge on any atom is 0.253 e. The van der Waals surface area contributed by atoms with Crippen LogP contribution in [0.5, 0.6) is 0 Å². The lowest BCUT2D eigenvalue weighted by atomic mass is 10.1. The molecule has 11 nitrogen and oxygen atoms in total. The van der Waals surface area contributed by atoms with Gasteiger partial charge in [-0.1, -0.05) is 0 Å². The van der Waals surface area contributed by atoms with E-state index in [9.17, 15) is 28.8 Å². The van der Waals surface area contributed by atoms with Crippen molar-refractivity contribution in [1.29, 1.82) is 0 Å². The lowest BCUT2D eigenvalue weighted by molar-refractivity contribution is 1.18. The molecule has 0 aromatic heterocycles. The highest BCUT2D eigenvalue weighted by Gasteiger charge is 2.18. The molecular formula is C19H25N5O6. The molecule has 3 rings (SSSR count). The Labute approximate surface area is 171 Å². The Bertz CT molecular complexity index is 1200. The molecular weight excluding hydrogens is 394 g/mol. The van der Waals surface area contributed by atoms with Gasteiger partial charge in [0.1, 0.15) is 22.7 Å². The van der Waals surface area contributed by atoms with Crippen LogP contribution in [-0.4, -0.2) is 34.7 Å². The van der Waals surface area contributed by atoms with Gasteiger partial charge in [-0.15, -0.1) is 0 Å². The number of hydrogen-bond donors (Lipinski definition) is 5. The molecule has 0 atom stereocenters. The van der Waals surface area contributed by atoms with E-state index in [2.05, 4.69) is 26.6 Å². The van der Waals surface area contributed by atoms with Crippen LogP contribution in [0.3, 0.4) is 0 Å². The van der Waals surface area contributed by atoms with E-state index in [0.717, 1.165) is 0 Å². The molecule has 0 fully saturated rings. The van der Waals surface area contributed by atoms with E-state index < -0.39 is 27.1 Å². The van der Waals surface area contributed by atoms with Crippen LogP contribution in [0.2, 0.25) is 0 Å². The Hall–Kier alpha value is -3.76. The molecule has 30 heavy (non-hydrogen) atoms. The number of hydrogen-bond acceptors (Lipinski definition) is 11. The van der Waals surface area contributed by atoms with Crippen molar-refractivity contribution in [3.05, 3.63) is 66.9 Å². The molecule has 0 aliphatic rings. The first-order valence-electron chi connectivity index (χ1n) is 9.04. The zero-order valence-corrected chi connectivity index (χ0v) is 17.7. The van der Waals surface area contributed by atoms with Gasteiger partial charge in [0, 0.05) is 40.3 Å². The van der Waals surface area contributed by atoms with Crippen LogP contribution in [0.4, 0.5) is 28.4 Å². The summed E-state index contributed by atoms with van der Waals surface area (Å²) in [7, 11) is 6.47. The maximum atomic E-state index is 10.8. The van der Waals surface area contributed by atoms with Crippen molar-refractivity contribution in [3.63, 3.8) is 0 Å². The Morgan fingerprint density at radius 1 is 0.500 bits per heavy atom. The van der Waals surface area contributed by atoms with Gasteiger partial charge in [-0.3, -0.25) is 28.8 Å². The van der Waals surface area contributed by atoms with Gasteiger partial charge in [0.15, 0.2) is 0 Å². The lowest BCUT2D eigenvalue weighted by Crippen LogP contribution is -2.36. The van der Waals surface area contributed by atoms with Crippen molar-refractivity contribution in [2.45, 2.75) is 13.8 Å². The highest BCUT2D eigenvalue weighted by molar-refractivity contribution is 5.74. The fourth-order valence-electron chi connectivity index (χ4n) is 2.65. The third-order valence-corrected chi connectivity index (χ3v) is 4.32. The summed E-state index contributed by atoms with van der Waals surface area (Å²) in [6.07, 6.45) is 0. The average Bonchev–Trinajstić information content (AvgIpc) is 2.77. The van der Waals surface area contributed by atoms with Crippen LogP contribution in [-0.2, 0) is 0 Å². The summed E-state index contributed by atoms with van der Waals surface area (Å²) in [5, 5.41) is 13.4. The van der Waals surface area contributed by atoms with Crippen LogP contribution in [0.15, 0.2) is 28.8 Å². The minimum absolute atomic E-state index is 0.362. The first-order valence-corrected chi connectivity index (χ1v) is 9.04. The van der Waals surface area contributed by atoms with E-state index in [1.54, 1.807) is 35.1 Å². The van der Waals surface area contributed by atoms with Gasteiger partial charge in [0.25, 0.3) is 21.7 Å². The van der Waals surface area contributed by atoms with E-state index in [-0.39, 0.29) is 5.43 Å². The fourth-order valence-corrected chi connectivity index (χ4v) is 2.65. The second-order valence-corrected chi connectivity index (χ2v) is 6.01. The van der Waals surface area contributed by atoms with Crippen molar-refractivity contribution >= 4 is 28.4 Å². The van der Waals surface area contributed by atoms with Crippen LogP contribution >= 0.6 is 0 Å². The predicted molar refractivity (Wildman–Crippen MR) is 121 cm³/mol.